The second kappa shape index (κ2) is 7.73. The Kier molecular flexibility index (Phi) is 6.17. The molecule has 0 amide bonds. The van der Waals surface area contributed by atoms with Crippen molar-refractivity contribution in [2.75, 3.05) is 13.1 Å². The first-order valence-corrected chi connectivity index (χ1v) is 11.5. The van der Waals surface area contributed by atoms with E-state index in [-0.39, 0.29) is 17.4 Å². The van der Waals surface area contributed by atoms with E-state index in [1.165, 1.54) is 5.56 Å². The van der Waals surface area contributed by atoms with Crippen molar-refractivity contribution >= 4 is 14.8 Å². The number of Topliss-reactive ketones (excluding diaryl/α,β-unsaturated/α-hetero) is 1. The van der Waals surface area contributed by atoms with E-state index in [1.807, 2.05) is 6.07 Å². The summed E-state index contributed by atoms with van der Waals surface area (Å²) in [6.07, 6.45) is 0.674. The van der Waals surface area contributed by atoms with Gasteiger partial charge in [-0.1, -0.05) is 51.1 Å². The Labute approximate surface area is 142 Å². The Morgan fingerprint density at radius 1 is 1.26 bits per heavy atom. The highest BCUT2D eigenvalue weighted by Gasteiger charge is 2.40. The molecule has 0 aliphatic carbocycles. The highest BCUT2D eigenvalue weighted by Crippen LogP contribution is 2.32. The third-order valence-electron chi connectivity index (χ3n) is 4.43. The minimum absolute atomic E-state index is 0.00219. The van der Waals surface area contributed by atoms with Gasteiger partial charge < -0.3 is 4.43 Å². The molecule has 3 nitrogen and oxygen atoms in total. The van der Waals surface area contributed by atoms with Gasteiger partial charge in [0.1, 0.15) is 5.78 Å². The standard InChI is InChI=1S/C19H31NO2Si/c1-19(2,3)18(22-23(4)5)16-14-20(12-11-17(16)21)13-15-9-7-6-8-10-15/h6-10,16,18,23H,11-14H2,1-5H3. The molecule has 1 aliphatic rings. The van der Waals surface area contributed by atoms with Crippen molar-refractivity contribution in [2.24, 2.45) is 11.3 Å². The van der Waals surface area contributed by atoms with Gasteiger partial charge in [-0.15, -0.1) is 0 Å². The van der Waals surface area contributed by atoms with Gasteiger partial charge in [0.15, 0.2) is 9.04 Å². The van der Waals surface area contributed by atoms with Crippen LogP contribution in [0.1, 0.15) is 32.8 Å². The fourth-order valence-corrected chi connectivity index (χ4v) is 4.55. The molecule has 1 saturated heterocycles. The van der Waals surface area contributed by atoms with E-state index in [4.69, 9.17) is 4.43 Å². The maximum absolute atomic E-state index is 12.6. The van der Waals surface area contributed by atoms with E-state index in [0.717, 1.165) is 19.6 Å². The number of piperidine rings is 1. The Hall–Kier alpha value is -0.973. The summed E-state index contributed by atoms with van der Waals surface area (Å²) in [7, 11) is -1.19. The molecule has 2 atom stereocenters. The highest BCUT2D eigenvalue weighted by atomic mass is 28.3. The molecule has 0 saturated carbocycles. The molecule has 128 valence electrons. The summed E-state index contributed by atoms with van der Waals surface area (Å²) in [5.41, 5.74) is 1.31. The predicted octanol–water partition coefficient (Wildman–Crippen LogP) is 3.49. The van der Waals surface area contributed by atoms with Crippen LogP contribution in [-0.2, 0) is 15.8 Å². The summed E-state index contributed by atoms with van der Waals surface area (Å²) in [6, 6.07) is 10.5. The van der Waals surface area contributed by atoms with Gasteiger partial charge >= 0.3 is 0 Å². The molecule has 0 aromatic heterocycles. The minimum Gasteiger partial charge on any atom is -0.416 e. The largest absolute Gasteiger partial charge is 0.416 e. The summed E-state index contributed by atoms with van der Waals surface area (Å²) in [6.45, 7) is 13.5. The van der Waals surface area contributed by atoms with Gasteiger partial charge in [-0.25, -0.2) is 0 Å². The molecule has 0 bridgehead atoms. The zero-order valence-electron chi connectivity index (χ0n) is 15.2. The number of likely N-dealkylation sites (tertiary alicyclic amines) is 1. The van der Waals surface area contributed by atoms with E-state index in [9.17, 15) is 4.79 Å². The smallest absolute Gasteiger partial charge is 0.171 e. The molecular weight excluding hydrogens is 302 g/mol. The van der Waals surface area contributed by atoms with Gasteiger partial charge in [0, 0.05) is 26.1 Å². The van der Waals surface area contributed by atoms with E-state index in [2.05, 4.69) is 63.0 Å². The van der Waals surface area contributed by atoms with Crippen molar-refractivity contribution < 1.29 is 9.22 Å². The van der Waals surface area contributed by atoms with E-state index in [1.54, 1.807) is 0 Å². The first-order chi connectivity index (χ1) is 10.8. The van der Waals surface area contributed by atoms with Crippen LogP contribution in [0, 0.1) is 11.3 Å². The number of benzene rings is 1. The lowest BCUT2D eigenvalue weighted by atomic mass is 9.77. The van der Waals surface area contributed by atoms with Crippen molar-refractivity contribution in [1.29, 1.82) is 0 Å². The number of hydrogen-bond donors (Lipinski definition) is 0. The zero-order valence-corrected chi connectivity index (χ0v) is 16.4. The summed E-state index contributed by atoms with van der Waals surface area (Å²) < 4.78 is 6.31. The molecule has 1 aromatic carbocycles. The minimum atomic E-state index is -1.19. The summed E-state index contributed by atoms with van der Waals surface area (Å²) in [5, 5.41) is 0. The lowest BCUT2D eigenvalue weighted by molar-refractivity contribution is -0.133. The van der Waals surface area contributed by atoms with Crippen molar-refractivity contribution in [3.05, 3.63) is 35.9 Å². The van der Waals surface area contributed by atoms with E-state index < -0.39 is 9.04 Å². The van der Waals surface area contributed by atoms with Crippen molar-refractivity contribution in [2.45, 2.75) is 52.9 Å². The average molecular weight is 334 g/mol. The number of carbonyl (C=O) groups excluding carboxylic acids is 1. The average Bonchev–Trinajstić information content (AvgIpc) is 2.47. The van der Waals surface area contributed by atoms with Crippen LogP contribution in [-0.4, -0.2) is 38.9 Å². The fraction of sp³-hybridized carbons (Fsp3) is 0.632. The van der Waals surface area contributed by atoms with Gasteiger partial charge in [0.2, 0.25) is 0 Å². The molecule has 2 unspecified atom stereocenters. The molecule has 1 aromatic rings. The normalized spacial score (nSPS) is 21.7. The third-order valence-corrected chi connectivity index (χ3v) is 5.27. The highest BCUT2D eigenvalue weighted by molar-refractivity contribution is 6.48. The van der Waals surface area contributed by atoms with Crippen LogP contribution >= 0.6 is 0 Å². The molecule has 1 heterocycles. The number of rotatable bonds is 5. The first-order valence-electron chi connectivity index (χ1n) is 8.72. The van der Waals surface area contributed by atoms with Gasteiger partial charge in [0.25, 0.3) is 0 Å². The molecule has 1 fully saturated rings. The monoisotopic (exact) mass is 333 g/mol. The summed E-state index contributed by atoms with van der Waals surface area (Å²) >= 11 is 0. The van der Waals surface area contributed by atoms with Crippen molar-refractivity contribution in [3.63, 3.8) is 0 Å². The van der Waals surface area contributed by atoms with Crippen LogP contribution in [0.15, 0.2) is 30.3 Å². The van der Waals surface area contributed by atoms with Crippen LogP contribution in [0.2, 0.25) is 13.1 Å². The first kappa shape index (κ1) is 18.4. The molecule has 23 heavy (non-hydrogen) atoms. The molecule has 0 N–H and O–H groups in total. The topological polar surface area (TPSA) is 29.5 Å². The predicted molar refractivity (Wildman–Crippen MR) is 98.0 cm³/mol. The summed E-state index contributed by atoms with van der Waals surface area (Å²) in [5.74, 6) is 0.381. The maximum atomic E-state index is 12.6. The summed E-state index contributed by atoms with van der Waals surface area (Å²) in [4.78, 5) is 15.0. The van der Waals surface area contributed by atoms with Gasteiger partial charge in [-0.2, -0.15) is 0 Å². The second-order valence-corrected chi connectivity index (χ2v) is 10.4. The number of hydrogen-bond acceptors (Lipinski definition) is 3. The Morgan fingerprint density at radius 3 is 2.48 bits per heavy atom. The van der Waals surface area contributed by atoms with Crippen LogP contribution in [0.5, 0.6) is 0 Å². The van der Waals surface area contributed by atoms with Crippen molar-refractivity contribution in [1.82, 2.24) is 4.90 Å². The Morgan fingerprint density at radius 2 is 1.91 bits per heavy atom. The molecule has 2 rings (SSSR count). The van der Waals surface area contributed by atoms with Crippen LogP contribution in [0.4, 0.5) is 0 Å². The molecule has 4 heteroatoms. The van der Waals surface area contributed by atoms with Gasteiger partial charge in [-0.3, -0.25) is 9.69 Å². The zero-order chi connectivity index (χ0) is 17.0. The van der Waals surface area contributed by atoms with Gasteiger partial charge in [-0.05, 0) is 24.1 Å². The molecule has 0 radical (unpaired) electrons. The van der Waals surface area contributed by atoms with E-state index >= 15 is 0 Å². The lowest BCUT2D eigenvalue weighted by Gasteiger charge is -2.42. The number of ketones is 1. The second-order valence-electron chi connectivity index (χ2n) is 8.01. The van der Waals surface area contributed by atoms with Crippen molar-refractivity contribution in [3.8, 4) is 0 Å². The Bertz CT molecular complexity index is 510. The fourth-order valence-electron chi connectivity index (χ4n) is 3.37. The maximum Gasteiger partial charge on any atom is 0.171 e. The van der Waals surface area contributed by atoms with Gasteiger partial charge in [0.05, 0.1) is 12.0 Å². The number of carbonyl (C=O) groups is 1. The lowest BCUT2D eigenvalue weighted by Crippen LogP contribution is -2.51. The third kappa shape index (κ3) is 5.26. The quantitative estimate of drug-likeness (QED) is 0.773. The molecule has 1 aliphatic heterocycles. The van der Waals surface area contributed by atoms with E-state index in [0.29, 0.717) is 12.2 Å². The molecular formula is C19H31NO2Si. The van der Waals surface area contributed by atoms with Crippen LogP contribution in [0.3, 0.4) is 0 Å². The van der Waals surface area contributed by atoms with Crippen LogP contribution < -0.4 is 0 Å². The SMILES string of the molecule is C[SiH](C)OC(C1CN(Cc2ccccc2)CCC1=O)C(C)(C)C. The Balaban J connectivity index is 2.10. The number of nitrogens with zero attached hydrogens (tertiary/aromatic N) is 1. The molecule has 0 spiro atoms. The van der Waals surface area contributed by atoms with Crippen LogP contribution in [0.25, 0.3) is 0 Å².